The van der Waals surface area contributed by atoms with E-state index in [4.69, 9.17) is 5.11 Å². The summed E-state index contributed by atoms with van der Waals surface area (Å²) < 4.78 is 0. The molecule has 2 rings (SSSR count). The van der Waals surface area contributed by atoms with E-state index >= 15 is 0 Å². The van der Waals surface area contributed by atoms with Crippen LogP contribution in [0.15, 0.2) is 0 Å². The maximum Gasteiger partial charge on any atom is 0.407 e. The van der Waals surface area contributed by atoms with Crippen LogP contribution in [0.25, 0.3) is 0 Å². The number of hydrogen-bond acceptors (Lipinski definition) is 2. The van der Waals surface area contributed by atoms with Crippen molar-refractivity contribution in [2.24, 2.45) is 5.92 Å². The molecule has 2 fully saturated rings. The zero-order chi connectivity index (χ0) is 9.97. The van der Waals surface area contributed by atoms with Gasteiger partial charge in [-0.15, -0.1) is 0 Å². The maximum absolute atomic E-state index is 11.0. The molecule has 0 spiro atoms. The van der Waals surface area contributed by atoms with E-state index in [0.29, 0.717) is 12.0 Å². The highest BCUT2D eigenvalue weighted by Gasteiger charge is 2.33. The number of piperidine rings is 1. The highest BCUT2D eigenvalue weighted by molar-refractivity contribution is 5.65. The molecule has 1 aliphatic heterocycles. The summed E-state index contributed by atoms with van der Waals surface area (Å²) in [7, 11) is 0. The van der Waals surface area contributed by atoms with Crippen LogP contribution in [-0.2, 0) is 0 Å². The average Bonchev–Trinajstić information content (AvgIpc) is 2.99. The SMILES string of the molecule is O=C(O)N(CC1CCNCC1)C1CC1. The van der Waals surface area contributed by atoms with Gasteiger partial charge in [-0.25, -0.2) is 4.79 Å². The Morgan fingerprint density at radius 1 is 1.29 bits per heavy atom. The Hall–Kier alpha value is -0.770. The molecule has 0 bridgehead atoms. The Bertz CT molecular complexity index is 210. The van der Waals surface area contributed by atoms with Gasteiger partial charge in [-0.2, -0.15) is 0 Å². The molecular formula is C10H18N2O2. The predicted octanol–water partition coefficient (Wildman–Crippen LogP) is 1.13. The van der Waals surface area contributed by atoms with E-state index < -0.39 is 6.09 Å². The number of nitrogens with zero attached hydrogens (tertiary/aromatic N) is 1. The van der Waals surface area contributed by atoms with Crippen molar-refractivity contribution in [3.8, 4) is 0 Å². The number of nitrogens with one attached hydrogen (secondary N) is 1. The van der Waals surface area contributed by atoms with Gasteiger partial charge in [0.15, 0.2) is 0 Å². The summed E-state index contributed by atoms with van der Waals surface area (Å²) in [6.07, 6.45) is 3.65. The minimum atomic E-state index is -0.731. The van der Waals surface area contributed by atoms with Gasteiger partial charge >= 0.3 is 6.09 Å². The zero-order valence-electron chi connectivity index (χ0n) is 8.41. The minimum absolute atomic E-state index is 0.336. The lowest BCUT2D eigenvalue weighted by atomic mass is 9.97. The zero-order valence-corrected chi connectivity index (χ0v) is 8.41. The molecule has 1 heterocycles. The Kier molecular flexibility index (Phi) is 2.91. The first kappa shape index (κ1) is 9.77. The van der Waals surface area contributed by atoms with E-state index in [1.807, 2.05) is 0 Å². The summed E-state index contributed by atoms with van der Waals surface area (Å²) in [4.78, 5) is 12.6. The molecule has 2 N–H and O–H groups in total. The van der Waals surface area contributed by atoms with Crippen LogP contribution in [0.4, 0.5) is 4.79 Å². The molecule has 4 nitrogen and oxygen atoms in total. The molecule has 1 amide bonds. The molecule has 1 saturated carbocycles. The van der Waals surface area contributed by atoms with Gasteiger partial charge in [-0.3, -0.25) is 0 Å². The third kappa shape index (κ3) is 2.38. The van der Waals surface area contributed by atoms with Crippen LogP contribution in [0.1, 0.15) is 25.7 Å². The predicted molar refractivity (Wildman–Crippen MR) is 53.3 cm³/mol. The van der Waals surface area contributed by atoms with Gasteiger partial charge in [0.1, 0.15) is 0 Å². The van der Waals surface area contributed by atoms with E-state index in [1.54, 1.807) is 4.90 Å². The quantitative estimate of drug-likeness (QED) is 0.714. The number of carboxylic acid groups (broad SMARTS) is 1. The van der Waals surface area contributed by atoms with Crippen molar-refractivity contribution in [1.29, 1.82) is 0 Å². The van der Waals surface area contributed by atoms with Crippen molar-refractivity contribution < 1.29 is 9.90 Å². The van der Waals surface area contributed by atoms with Gasteiger partial charge < -0.3 is 15.3 Å². The number of amides is 1. The van der Waals surface area contributed by atoms with Gasteiger partial charge in [-0.05, 0) is 44.7 Å². The first-order valence-electron chi connectivity index (χ1n) is 5.47. The maximum atomic E-state index is 11.0. The van der Waals surface area contributed by atoms with Crippen LogP contribution in [-0.4, -0.2) is 41.8 Å². The highest BCUT2D eigenvalue weighted by Crippen LogP contribution is 2.28. The largest absolute Gasteiger partial charge is 0.465 e. The van der Waals surface area contributed by atoms with Crippen LogP contribution >= 0.6 is 0 Å². The van der Waals surface area contributed by atoms with Gasteiger partial charge in [0.2, 0.25) is 0 Å². The van der Waals surface area contributed by atoms with E-state index in [9.17, 15) is 4.79 Å². The Balaban J connectivity index is 1.82. The molecule has 0 atom stereocenters. The van der Waals surface area contributed by atoms with Crippen molar-refractivity contribution in [2.45, 2.75) is 31.7 Å². The van der Waals surface area contributed by atoms with Gasteiger partial charge in [0, 0.05) is 12.6 Å². The first-order valence-corrected chi connectivity index (χ1v) is 5.47. The van der Waals surface area contributed by atoms with E-state index in [2.05, 4.69) is 5.32 Å². The minimum Gasteiger partial charge on any atom is -0.465 e. The molecular weight excluding hydrogens is 180 g/mol. The smallest absolute Gasteiger partial charge is 0.407 e. The molecule has 2 aliphatic rings. The summed E-state index contributed by atoms with van der Waals surface area (Å²) in [6, 6.07) is 0.336. The summed E-state index contributed by atoms with van der Waals surface area (Å²) in [5.74, 6) is 0.577. The third-order valence-electron chi connectivity index (χ3n) is 3.15. The molecule has 1 saturated heterocycles. The second-order valence-electron chi connectivity index (χ2n) is 4.36. The van der Waals surface area contributed by atoms with Crippen LogP contribution in [0.3, 0.4) is 0 Å². The topological polar surface area (TPSA) is 52.6 Å². The molecule has 14 heavy (non-hydrogen) atoms. The monoisotopic (exact) mass is 198 g/mol. The fourth-order valence-corrected chi connectivity index (χ4v) is 2.11. The lowest BCUT2D eigenvalue weighted by molar-refractivity contribution is 0.128. The first-order chi connectivity index (χ1) is 6.77. The lowest BCUT2D eigenvalue weighted by Gasteiger charge is -2.28. The van der Waals surface area contributed by atoms with Crippen LogP contribution in [0.2, 0.25) is 0 Å². The molecule has 0 aromatic rings. The molecule has 4 heteroatoms. The van der Waals surface area contributed by atoms with Crippen LogP contribution < -0.4 is 5.32 Å². The third-order valence-corrected chi connectivity index (χ3v) is 3.15. The molecule has 1 aliphatic carbocycles. The molecule has 0 unspecified atom stereocenters. The molecule has 80 valence electrons. The van der Waals surface area contributed by atoms with Gasteiger partial charge in [-0.1, -0.05) is 0 Å². The summed E-state index contributed by atoms with van der Waals surface area (Å²) in [5.41, 5.74) is 0. The Labute approximate surface area is 84.3 Å². The van der Waals surface area contributed by atoms with Crippen molar-refractivity contribution >= 4 is 6.09 Å². The van der Waals surface area contributed by atoms with Crippen molar-refractivity contribution in [2.75, 3.05) is 19.6 Å². The Morgan fingerprint density at radius 3 is 2.43 bits per heavy atom. The van der Waals surface area contributed by atoms with E-state index in [1.165, 1.54) is 0 Å². The number of carbonyl (C=O) groups is 1. The Morgan fingerprint density at radius 2 is 1.93 bits per heavy atom. The fraction of sp³-hybridized carbons (Fsp3) is 0.900. The van der Waals surface area contributed by atoms with Crippen molar-refractivity contribution in [1.82, 2.24) is 10.2 Å². The summed E-state index contributed by atoms with van der Waals surface area (Å²) in [6.45, 7) is 2.84. The van der Waals surface area contributed by atoms with Crippen LogP contribution in [0, 0.1) is 5.92 Å². The molecule has 0 radical (unpaired) electrons. The van der Waals surface area contributed by atoms with Gasteiger partial charge in [0.25, 0.3) is 0 Å². The second-order valence-corrected chi connectivity index (χ2v) is 4.36. The highest BCUT2D eigenvalue weighted by atomic mass is 16.4. The van der Waals surface area contributed by atoms with Crippen LogP contribution in [0.5, 0.6) is 0 Å². The van der Waals surface area contributed by atoms with E-state index in [-0.39, 0.29) is 0 Å². The van der Waals surface area contributed by atoms with Gasteiger partial charge in [0.05, 0.1) is 0 Å². The van der Waals surface area contributed by atoms with E-state index in [0.717, 1.165) is 45.3 Å². The fourth-order valence-electron chi connectivity index (χ4n) is 2.11. The molecule has 0 aromatic heterocycles. The lowest BCUT2D eigenvalue weighted by Crippen LogP contribution is -2.39. The number of hydrogen-bond donors (Lipinski definition) is 2. The average molecular weight is 198 g/mol. The standard InChI is InChI=1S/C10H18N2O2/c13-10(14)12(9-1-2-9)7-8-3-5-11-6-4-8/h8-9,11H,1-7H2,(H,13,14). The normalized spacial score (nSPS) is 23.4. The second kappa shape index (κ2) is 4.17. The summed E-state index contributed by atoms with van der Waals surface area (Å²) in [5, 5.41) is 12.3. The summed E-state index contributed by atoms with van der Waals surface area (Å²) >= 11 is 0. The number of rotatable bonds is 3. The van der Waals surface area contributed by atoms with Crippen molar-refractivity contribution in [3.63, 3.8) is 0 Å². The van der Waals surface area contributed by atoms with Crippen molar-refractivity contribution in [3.05, 3.63) is 0 Å². The molecule has 0 aromatic carbocycles.